The maximum absolute atomic E-state index is 13.1. The molecule has 0 saturated carbocycles. The number of fused-ring (bicyclic) bond motifs is 1. The number of hydrogen-bond donors (Lipinski definition) is 1. The van der Waals surface area contributed by atoms with Crippen LogP contribution in [0.2, 0.25) is 0 Å². The highest BCUT2D eigenvalue weighted by Crippen LogP contribution is 2.26. The quantitative estimate of drug-likeness (QED) is 0.908. The number of morpholine rings is 1. The van der Waals surface area contributed by atoms with Crippen LogP contribution in [0.25, 0.3) is 11.3 Å². The number of hydrogen-bond acceptors (Lipinski definition) is 5. The maximum Gasteiger partial charge on any atom is 0.257 e. The van der Waals surface area contributed by atoms with Crippen LogP contribution in [0.3, 0.4) is 0 Å². The van der Waals surface area contributed by atoms with Gasteiger partial charge in [0.25, 0.3) is 5.91 Å². The Morgan fingerprint density at radius 1 is 1.38 bits per heavy atom. The topological polar surface area (TPSA) is 67.6 Å². The van der Waals surface area contributed by atoms with E-state index >= 15 is 0 Å². The van der Waals surface area contributed by atoms with E-state index in [1.165, 1.54) is 25.0 Å². The first-order chi connectivity index (χ1) is 12.6. The summed E-state index contributed by atoms with van der Waals surface area (Å²) in [5.74, 6) is -0.157. The normalized spacial score (nSPS) is 23.0. The summed E-state index contributed by atoms with van der Waals surface area (Å²) in [5, 5.41) is 6.91. The molecule has 1 aromatic heterocycles. The Hall–Kier alpha value is -2.25. The van der Waals surface area contributed by atoms with Gasteiger partial charge in [-0.3, -0.25) is 9.69 Å². The Balaban J connectivity index is 1.43. The van der Waals surface area contributed by atoms with E-state index < -0.39 is 0 Å². The minimum atomic E-state index is -0.338. The zero-order valence-corrected chi connectivity index (χ0v) is 14.7. The molecule has 1 N–H and O–H groups in total. The number of carbonyl (C=O) groups excluding carboxylic acids is 1. The van der Waals surface area contributed by atoms with Crippen molar-refractivity contribution in [1.82, 2.24) is 15.4 Å². The van der Waals surface area contributed by atoms with E-state index in [2.05, 4.69) is 15.4 Å². The van der Waals surface area contributed by atoms with E-state index in [9.17, 15) is 9.18 Å². The molecule has 2 aliphatic rings. The molecule has 2 fully saturated rings. The molecular weight excluding hydrogens is 337 g/mol. The lowest BCUT2D eigenvalue weighted by atomic mass is 10.1. The van der Waals surface area contributed by atoms with Gasteiger partial charge in [0, 0.05) is 24.7 Å². The second-order valence-corrected chi connectivity index (χ2v) is 6.93. The molecule has 0 bridgehead atoms. The molecule has 3 heterocycles. The maximum atomic E-state index is 13.1. The van der Waals surface area contributed by atoms with Gasteiger partial charge in [0.2, 0.25) is 0 Å². The van der Waals surface area contributed by atoms with E-state index in [4.69, 9.17) is 9.26 Å². The molecule has 2 saturated heterocycles. The summed E-state index contributed by atoms with van der Waals surface area (Å²) < 4.78 is 24.2. The molecule has 2 aliphatic heterocycles. The first-order valence-corrected chi connectivity index (χ1v) is 8.98. The fraction of sp³-hybridized carbons (Fsp3) is 0.474. The second-order valence-electron chi connectivity index (χ2n) is 6.93. The molecule has 1 aromatic carbocycles. The van der Waals surface area contributed by atoms with Crippen LogP contribution in [0.4, 0.5) is 4.39 Å². The van der Waals surface area contributed by atoms with Gasteiger partial charge in [0.15, 0.2) is 0 Å². The third-order valence-electron chi connectivity index (χ3n) is 5.16. The molecule has 26 heavy (non-hydrogen) atoms. The predicted octanol–water partition coefficient (Wildman–Crippen LogP) is 2.38. The van der Waals surface area contributed by atoms with Crippen LogP contribution in [0.15, 0.2) is 28.8 Å². The number of aromatic nitrogens is 1. The number of aryl methyl sites for hydroxylation is 1. The fourth-order valence-corrected chi connectivity index (χ4v) is 3.75. The monoisotopic (exact) mass is 359 g/mol. The summed E-state index contributed by atoms with van der Waals surface area (Å²) in [5.41, 5.74) is 1.44. The highest BCUT2D eigenvalue weighted by atomic mass is 19.1. The van der Waals surface area contributed by atoms with Gasteiger partial charge in [0.1, 0.15) is 22.8 Å². The van der Waals surface area contributed by atoms with Crippen LogP contribution in [0.1, 0.15) is 29.0 Å². The molecule has 2 atom stereocenters. The van der Waals surface area contributed by atoms with Crippen LogP contribution in [-0.4, -0.2) is 54.4 Å². The Bertz CT molecular complexity index is 790. The van der Waals surface area contributed by atoms with E-state index in [0.29, 0.717) is 35.2 Å². The van der Waals surface area contributed by atoms with E-state index in [0.717, 1.165) is 19.7 Å². The highest BCUT2D eigenvalue weighted by Gasteiger charge is 2.32. The van der Waals surface area contributed by atoms with Crippen LogP contribution in [-0.2, 0) is 4.74 Å². The SMILES string of the molecule is Cc1onc(-c2ccc(F)cc2)c1C(=O)NC[C@@H]1CN2CCC[C@H]2CO1. The van der Waals surface area contributed by atoms with Gasteiger partial charge in [-0.05, 0) is 50.6 Å². The van der Waals surface area contributed by atoms with Crippen LogP contribution >= 0.6 is 0 Å². The van der Waals surface area contributed by atoms with E-state index in [1.54, 1.807) is 19.1 Å². The average molecular weight is 359 g/mol. The molecular formula is C19H22FN3O3. The first-order valence-electron chi connectivity index (χ1n) is 8.98. The number of benzene rings is 1. The van der Waals surface area contributed by atoms with Crippen molar-refractivity contribution in [2.45, 2.75) is 31.9 Å². The molecule has 7 heteroatoms. The number of ether oxygens (including phenoxy) is 1. The van der Waals surface area contributed by atoms with Crippen molar-refractivity contribution in [1.29, 1.82) is 0 Å². The van der Waals surface area contributed by atoms with Crippen molar-refractivity contribution in [2.75, 3.05) is 26.2 Å². The van der Waals surface area contributed by atoms with E-state index in [1.807, 2.05) is 0 Å². The second kappa shape index (κ2) is 7.17. The van der Waals surface area contributed by atoms with E-state index in [-0.39, 0.29) is 17.8 Å². The highest BCUT2D eigenvalue weighted by molar-refractivity contribution is 6.00. The van der Waals surface area contributed by atoms with Gasteiger partial charge in [-0.25, -0.2) is 4.39 Å². The Labute approximate surface area is 151 Å². The fourth-order valence-electron chi connectivity index (χ4n) is 3.75. The number of amides is 1. The van der Waals surface area contributed by atoms with Gasteiger partial charge in [-0.1, -0.05) is 5.16 Å². The number of halogens is 1. The molecule has 4 rings (SSSR count). The Morgan fingerprint density at radius 3 is 3.00 bits per heavy atom. The third kappa shape index (κ3) is 3.37. The molecule has 1 amide bonds. The standard InChI is InChI=1S/C19H22FN3O3/c1-12-17(18(22-26-12)13-4-6-14(20)7-5-13)19(24)21-9-16-10-23-8-2-3-15(23)11-25-16/h4-7,15-16H,2-3,8-11H2,1H3,(H,21,24)/t15-,16+/m0/s1. The minimum Gasteiger partial charge on any atom is -0.373 e. The van der Waals surface area contributed by atoms with Crippen molar-refractivity contribution in [2.24, 2.45) is 0 Å². The van der Waals surface area contributed by atoms with Crippen molar-refractivity contribution < 1.29 is 18.4 Å². The lowest BCUT2D eigenvalue weighted by Crippen LogP contribution is -2.50. The van der Waals surface area contributed by atoms with Crippen molar-refractivity contribution in [3.05, 3.63) is 41.4 Å². The van der Waals surface area contributed by atoms with Gasteiger partial charge < -0.3 is 14.6 Å². The Kier molecular flexibility index (Phi) is 4.74. The lowest BCUT2D eigenvalue weighted by Gasteiger charge is -2.35. The third-order valence-corrected chi connectivity index (χ3v) is 5.16. The number of nitrogens with zero attached hydrogens (tertiary/aromatic N) is 2. The molecule has 0 radical (unpaired) electrons. The van der Waals surface area contributed by atoms with Gasteiger partial charge in [-0.2, -0.15) is 0 Å². The molecule has 2 aromatic rings. The van der Waals surface area contributed by atoms with Gasteiger partial charge >= 0.3 is 0 Å². The van der Waals surface area contributed by atoms with Gasteiger partial charge in [0.05, 0.1) is 12.7 Å². The number of nitrogens with one attached hydrogen (secondary N) is 1. The molecule has 0 aliphatic carbocycles. The zero-order chi connectivity index (χ0) is 18.1. The van der Waals surface area contributed by atoms with Crippen molar-refractivity contribution in [3.63, 3.8) is 0 Å². The first kappa shape index (κ1) is 17.2. The van der Waals surface area contributed by atoms with Crippen molar-refractivity contribution in [3.8, 4) is 11.3 Å². The minimum absolute atomic E-state index is 0.0114. The summed E-state index contributed by atoms with van der Waals surface area (Å²) in [6.45, 7) is 4.82. The van der Waals surface area contributed by atoms with Crippen LogP contribution in [0.5, 0.6) is 0 Å². The summed E-state index contributed by atoms with van der Waals surface area (Å²) in [4.78, 5) is 15.1. The number of rotatable bonds is 4. The average Bonchev–Trinajstić information content (AvgIpc) is 3.26. The lowest BCUT2D eigenvalue weighted by molar-refractivity contribution is -0.0461. The summed E-state index contributed by atoms with van der Waals surface area (Å²) in [6.07, 6.45) is 2.40. The largest absolute Gasteiger partial charge is 0.373 e. The number of carbonyl (C=O) groups is 1. The van der Waals surface area contributed by atoms with Crippen molar-refractivity contribution >= 4 is 5.91 Å². The smallest absolute Gasteiger partial charge is 0.257 e. The molecule has 138 valence electrons. The molecule has 0 unspecified atom stereocenters. The van der Waals surface area contributed by atoms with Crippen LogP contribution in [0, 0.1) is 12.7 Å². The summed E-state index contributed by atoms with van der Waals surface area (Å²) >= 11 is 0. The molecule has 0 spiro atoms. The van der Waals surface area contributed by atoms with Gasteiger partial charge in [-0.15, -0.1) is 0 Å². The Morgan fingerprint density at radius 2 is 2.19 bits per heavy atom. The summed E-state index contributed by atoms with van der Waals surface area (Å²) in [6, 6.07) is 6.38. The van der Waals surface area contributed by atoms with Crippen LogP contribution < -0.4 is 5.32 Å². The summed E-state index contributed by atoms with van der Waals surface area (Å²) in [7, 11) is 0. The predicted molar refractivity (Wildman–Crippen MR) is 93.3 cm³/mol. The molecule has 6 nitrogen and oxygen atoms in total. The zero-order valence-electron chi connectivity index (χ0n) is 14.7.